The maximum absolute atomic E-state index is 14.7. The van der Waals surface area contributed by atoms with Crippen molar-refractivity contribution in [2.75, 3.05) is 32.2 Å². The number of benzene rings is 3. The van der Waals surface area contributed by atoms with E-state index in [0.29, 0.717) is 40.6 Å². The third kappa shape index (κ3) is 4.19. The highest BCUT2D eigenvalue weighted by molar-refractivity contribution is 5.89. The average Bonchev–Trinajstić information content (AvgIpc) is 3.47. The van der Waals surface area contributed by atoms with Gasteiger partial charge in [0.1, 0.15) is 5.82 Å². The average molecular weight is 527 g/mol. The van der Waals surface area contributed by atoms with Crippen LogP contribution in [0.15, 0.2) is 73.1 Å². The Kier molecular flexibility index (Phi) is 6.40. The van der Waals surface area contributed by atoms with Gasteiger partial charge in [-0.2, -0.15) is 18.3 Å². The van der Waals surface area contributed by atoms with E-state index in [0.717, 1.165) is 5.69 Å². The van der Waals surface area contributed by atoms with Crippen molar-refractivity contribution in [3.05, 3.63) is 90.0 Å². The third-order valence-corrected chi connectivity index (χ3v) is 6.90. The minimum Gasteiger partial charge on any atom is -0.383 e. The van der Waals surface area contributed by atoms with Gasteiger partial charge < -0.3 is 19.3 Å². The maximum Gasteiger partial charge on any atom is 0.425 e. The number of nitrogens with zero attached hydrogens (tertiary/aromatic N) is 4. The lowest BCUT2D eigenvalue weighted by Crippen LogP contribution is -2.43. The first-order valence-electron chi connectivity index (χ1n) is 11.9. The molecular formula is C28H26F4N4O2. The Morgan fingerprint density at radius 2 is 1.74 bits per heavy atom. The van der Waals surface area contributed by atoms with Crippen molar-refractivity contribution in [2.45, 2.75) is 11.8 Å². The van der Waals surface area contributed by atoms with Gasteiger partial charge >= 0.3 is 6.18 Å². The highest BCUT2D eigenvalue weighted by atomic mass is 19.4. The topological polar surface area (TPSA) is 55.5 Å². The summed E-state index contributed by atoms with van der Waals surface area (Å²) < 4.78 is 65.7. The maximum atomic E-state index is 14.7. The molecule has 0 amide bonds. The molecule has 0 saturated heterocycles. The van der Waals surface area contributed by atoms with Crippen molar-refractivity contribution in [1.82, 2.24) is 14.3 Å². The van der Waals surface area contributed by atoms with E-state index in [-0.39, 0.29) is 11.1 Å². The number of halogens is 4. The molecule has 0 spiro atoms. The number of alkyl halides is 3. The minimum atomic E-state index is -5.02. The minimum absolute atomic E-state index is 0.265. The first-order chi connectivity index (χ1) is 18.0. The summed E-state index contributed by atoms with van der Waals surface area (Å²) in [4.78, 5) is 1.94. The van der Waals surface area contributed by atoms with Gasteiger partial charge in [0.2, 0.25) is 5.60 Å². The Balaban J connectivity index is 1.62. The number of hydrogen-bond donors (Lipinski definition) is 1. The number of aliphatic hydroxyl groups is 1. The SMILES string of the molecule is COCCN(C)c1ccc2c(C(O)(c3ccc4c(cnn4-c4ccc(F)cc4)c3)C(F)(F)F)cn(C)c2c1. The lowest BCUT2D eigenvalue weighted by atomic mass is 9.85. The van der Waals surface area contributed by atoms with E-state index < -0.39 is 17.6 Å². The summed E-state index contributed by atoms with van der Waals surface area (Å²) >= 11 is 0. The van der Waals surface area contributed by atoms with Crippen LogP contribution in [0.2, 0.25) is 0 Å². The highest BCUT2D eigenvalue weighted by Gasteiger charge is 2.57. The van der Waals surface area contributed by atoms with Crippen LogP contribution in [0.25, 0.3) is 27.5 Å². The van der Waals surface area contributed by atoms with Gasteiger partial charge in [0.05, 0.1) is 29.5 Å². The standard InChI is InChI=1S/C28H26F4N4O2/c1-34(12-13-38-3)22-9-10-23-24(17-35(2)26(23)15-22)27(37,28(30,31)32)19-4-11-25-18(14-19)16-33-36(25)21-7-5-20(29)6-8-21/h4-11,14-17,37H,12-13H2,1-3H3. The summed E-state index contributed by atoms with van der Waals surface area (Å²) in [5, 5.41) is 16.4. The van der Waals surface area contributed by atoms with E-state index in [1.54, 1.807) is 36.9 Å². The van der Waals surface area contributed by atoms with Crippen molar-refractivity contribution < 1.29 is 27.4 Å². The Morgan fingerprint density at radius 3 is 2.42 bits per heavy atom. The Morgan fingerprint density at radius 1 is 1.00 bits per heavy atom. The van der Waals surface area contributed by atoms with Gasteiger partial charge in [0.25, 0.3) is 0 Å². The number of aromatic nitrogens is 3. The lowest BCUT2D eigenvalue weighted by Gasteiger charge is -2.31. The molecule has 5 rings (SSSR count). The van der Waals surface area contributed by atoms with Crippen LogP contribution in [-0.2, 0) is 17.4 Å². The molecule has 5 aromatic rings. The van der Waals surface area contributed by atoms with Gasteiger partial charge in [-0.05, 0) is 54.1 Å². The fraction of sp³-hybridized carbons (Fsp3) is 0.250. The van der Waals surface area contributed by atoms with E-state index in [2.05, 4.69) is 5.10 Å². The predicted octanol–water partition coefficient (Wildman–Crippen LogP) is 5.54. The fourth-order valence-corrected chi connectivity index (χ4v) is 4.77. The lowest BCUT2D eigenvalue weighted by molar-refractivity contribution is -0.247. The van der Waals surface area contributed by atoms with Gasteiger partial charge in [-0.15, -0.1) is 0 Å². The third-order valence-electron chi connectivity index (χ3n) is 6.90. The van der Waals surface area contributed by atoms with Crippen molar-refractivity contribution in [3.63, 3.8) is 0 Å². The van der Waals surface area contributed by atoms with Crippen LogP contribution in [0, 0.1) is 5.82 Å². The second kappa shape index (κ2) is 9.45. The van der Waals surface area contributed by atoms with Gasteiger partial charge in [-0.3, -0.25) is 0 Å². The van der Waals surface area contributed by atoms with Crippen LogP contribution in [0.3, 0.4) is 0 Å². The Hall–Kier alpha value is -3.89. The number of methoxy groups -OCH3 is 1. The molecule has 0 saturated carbocycles. The number of fused-ring (bicyclic) bond motifs is 2. The Labute approximate surface area is 216 Å². The molecule has 0 aliphatic carbocycles. The van der Waals surface area contributed by atoms with Gasteiger partial charge in [0.15, 0.2) is 0 Å². The van der Waals surface area contributed by atoms with Crippen molar-refractivity contribution in [1.29, 1.82) is 0 Å². The number of ether oxygens (including phenoxy) is 1. The van der Waals surface area contributed by atoms with Crippen molar-refractivity contribution >= 4 is 27.5 Å². The molecule has 198 valence electrons. The molecule has 1 unspecified atom stereocenters. The number of hydrogen-bond acceptors (Lipinski definition) is 4. The molecular weight excluding hydrogens is 500 g/mol. The quantitative estimate of drug-likeness (QED) is 0.283. The molecule has 38 heavy (non-hydrogen) atoms. The first-order valence-corrected chi connectivity index (χ1v) is 11.9. The van der Waals surface area contributed by atoms with E-state index in [1.165, 1.54) is 59.5 Å². The summed E-state index contributed by atoms with van der Waals surface area (Å²) in [6.07, 6.45) is -2.27. The molecule has 0 aliphatic heterocycles. The van der Waals surface area contributed by atoms with E-state index in [1.807, 2.05) is 11.9 Å². The molecule has 2 heterocycles. The summed E-state index contributed by atoms with van der Waals surface area (Å²) in [5.74, 6) is -0.411. The molecule has 1 N–H and O–H groups in total. The zero-order valence-electron chi connectivity index (χ0n) is 21.0. The summed E-state index contributed by atoms with van der Waals surface area (Å²) in [6.45, 7) is 1.11. The normalized spacial score (nSPS) is 13.8. The van der Waals surface area contributed by atoms with Gasteiger partial charge in [-0.25, -0.2) is 9.07 Å². The monoisotopic (exact) mass is 526 g/mol. The van der Waals surface area contributed by atoms with Crippen LogP contribution >= 0.6 is 0 Å². The number of aryl methyl sites for hydroxylation is 1. The Bertz CT molecular complexity index is 1610. The second-order valence-corrected chi connectivity index (χ2v) is 9.28. The van der Waals surface area contributed by atoms with Crippen molar-refractivity contribution in [2.24, 2.45) is 7.05 Å². The van der Waals surface area contributed by atoms with E-state index in [9.17, 15) is 22.7 Å². The summed E-state index contributed by atoms with van der Waals surface area (Å²) in [5.41, 5.74) is -1.43. The van der Waals surface area contributed by atoms with Crippen LogP contribution in [0.1, 0.15) is 11.1 Å². The molecule has 3 aromatic carbocycles. The smallest absolute Gasteiger partial charge is 0.383 e. The largest absolute Gasteiger partial charge is 0.425 e. The highest BCUT2D eigenvalue weighted by Crippen LogP contribution is 2.47. The molecule has 0 bridgehead atoms. The summed E-state index contributed by atoms with van der Waals surface area (Å²) in [6, 6.07) is 14.8. The molecule has 2 aromatic heterocycles. The number of rotatable bonds is 7. The number of likely N-dealkylation sites (N-methyl/N-ethyl adjacent to an activating group) is 1. The molecule has 6 nitrogen and oxygen atoms in total. The zero-order valence-corrected chi connectivity index (χ0v) is 21.0. The van der Waals surface area contributed by atoms with Crippen molar-refractivity contribution in [3.8, 4) is 5.69 Å². The van der Waals surface area contributed by atoms with Gasteiger partial charge in [-0.1, -0.05) is 12.1 Å². The second-order valence-electron chi connectivity index (χ2n) is 9.28. The predicted molar refractivity (Wildman–Crippen MR) is 138 cm³/mol. The van der Waals surface area contributed by atoms with E-state index >= 15 is 0 Å². The van der Waals surface area contributed by atoms with E-state index in [4.69, 9.17) is 4.74 Å². The molecule has 10 heteroatoms. The van der Waals surface area contributed by atoms with Crippen LogP contribution in [-0.4, -0.2) is 52.9 Å². The van der Waals surface area contributed by atoms with Crippen LogP contribution in [0.4, 0.5) is 23.2 Å². The fourth-order valence-electron chi connectivity index (χ4n) is 4.77. The molecule has 0 fully saturated rings. The first kappa shape index (κ1) is 25.7. The molecule has 1 atom stereocenters. The van der Waals surface area contributed by atoms with Crippen LogP contribution in [0.5, 0.6) is 0 Å². The number of anilines is 1. The van der Waals surface area contributed by atoms with Gasteiger partial charge in [0, 0.05) is 56.0 Å². The zero-order chi connectivity index (χ0) is 27.2. The molecule has 0 radical (unpaired) electrons. The molecule has 0 aliphatic rings. The van der Waals surface area contributed by atoms with Crippen LogP contribution < -0.4 is 4.90 Å². The summed E-state index contributed by atoms with van der Waals surface area (Å²) in [7, 11) is 5.12.